The van der Waals surface area contributed by atoms with Crippen molar-refractivity contribution in [2.24, 2.45) is 0 Å². The van der Waals surface area contributed by atoms with Crippen molar-refractivity contribution in [1.82, 2.24) is 9.88 Å². The normalized spacial score (nSPS) is 19.6. The van der Waals surface area contributed by atoms with Crippen molar-refractivity contribution < 1.29 is 23.4 Å². The van der Waals surface area contributed by atoms with Crippen LogP contribution in [0.1, 0.15) is 43.1 Å². The Hall–Kier alpha value is -2.52. The molecule has 7 nitrogen and oxygen atoms in total. The van der Waals surface area contributed by atoms with Gasteiger partial charge in [-0.05, 0) is 18.9 Å². The largest absolute Gasteiger partial charge is 0.477 e. The first-order valence-corrected chi connectivity index (χ1v) is 10.2. The highest BCUT2D eigenvalue weighted by atomic mass is 19.1. The summed E-state index contributed by atoms with van der Waals surface area (Å²) in [6.45, 7) is 5.52. The lowest BCUT2D eigenvalue weighted by Crippen LogP contribution is -2.48. The molecule has 1 aromatic carbocycles. The number of nitrogens with one attached hydrogen (secondary N) is 1. The molecule has 9 heteroatoms. The molecule has 0 radical (unpaired) electrons. The standard InChI is InChI=1S/C21H25F2N3O4/c1-11(2)24-8-13-9-25(5-6-30-13)19-16(22)7-14-18(17(19)23)26(12-3-4-12)10-15(20(14)27)21(28)29/h7,10-13,24H,3-6,8-9H2,1-2H3,(H,28,29). The van der Waals surface area contributed by atoms with Gasteiger partial charge in [-0.25, -0.2) is 13.6 Å². The Bertz CT molecular complexity index is 1050. The number of hydrogen-bond acceptors (Lipinski definition) is 5. The molecule has 2 fully saturated rings. The van der Waals surface area contributed by atoms with Crippen LogP contribution in [0.2, 0.25) is 0 Å². The van der Waals surface area contributed by atoms with Gasteiger partial charge in [0.25, 0.3) is 0 Å². The summed E-state index contributed by atoms with van der Waals surface area (Å²) in [6, 6.07) is 1.14. The predicted molar refractivity (Wildman–Crippen MR) is 108 cm³/mol. The van der Waals surface area contributed by atoms with Gasteiger partial charge in [-0.2, -0.15) is 0 Å². The van der Waals surface area contributed by atoms with Gasteiger partial charge < -0.3 is 24.6 Å². The maximum absolute atomic E-state index is 15.7. The minimum absolute atomic E-state index is 0.0350. The van der Waals surface area contributed by atoms with Gasteiger partial charge >= 0.3 is 5.97 Å². The van der Waals surface area contributed by atoms with E-state index >= 15 is 8.78 Å². The van der Waals surface area contributed by atoms with E-state index in [0.29, 0.717) is 26.2 Å². The van der Waals surface area contributed by atoms with E-state index in [1.165, 1.54) is 10.8 Å². The number of rotatable bonds is 6. The minimum Gasteiger partial charge on any atom is -0.477 e. The number of fused-ring (bicyclic) bond motifs is 1. The van der Waals surface area contributed by atoms with E-state index in [-0.39, 0.29) is 34.8 Å². The number of aromatic nitrogens is 1. The first-order chi connectivity index (χ1) is 14.3. The molecule has 162 valence electrons. The van der Waals surface area contributed by atoms with E-state index in [2.05, 4.69) is 5.32 Å². The topological polar surface area (TPSA) is 83.8 Å². The van der Waals surface area contributed by atoms with Gasteiger partial charge in [0.2, 0.25) is 5.43 Å². The molecular weight excluding hydrogens is 396 g/mol. The molecule has 2 heterocycles. The van der Waals surface area contributed by atoms with Crippen molar-refractivity contribution in [3.05, 3.63) is 39.7 Å². The Kier molecular flexibility index (Phi) is 5.50. The quantitative estimate of drug-likeness (QED) is 0.746. The molecule has 0 bridgehead atoms. The van der Waals surface area contributed by atoms with Crippen LogP contribution in [0.3, 0.4) is 0 Å². The number of halogens is 2. The Morgan fingerprint density at radius 2 is 2.10 bits per heavy atom. The molecule has 1 unspecified atom stereocenters. The van der Waals surface area contributed by atoms with Crippen LogP contribution in [0, 0.1) is 11.6 Å². The molecule has 4 rings (SSSR count). The minimum atomic E-state index is -1.41. The van der Waals surface area contributed by atoms with Crippen molar-refractivity contribution in [3.8, 4) is 0 Å². The number of carboxylic acids is 1. The summed E-state index contributed by atoms with van der Waals surface area (Å²) in [7, 11) is 0. The van der Waals surface area contributed by atoms with Crippen LogP contribution >= 0.6 is 0 Å². The first-order valence-electron chi connectivity index (χ1n) is 10.2. The molecule has 30 heavy (non-hydrogen) atoms. The Labute approximate surface area is 172 Å². The molecule has 1 aliphatic heterocycles. The zero-order valence-corrected chi connectivity index (χ0v) is 17.0. The molecule has 2 aromatic rings. The molecule has 1 atom stereocenters. The van der Waals surface area contributed by atoms with Gasteiger partial charge in [0.05, 0.1) is 23.6 Å². The highest BCUT2D eigenvalue weighted by Gasteiger charge is 2.32. The fraction of sp³-hybridized carbons (Fsp3) is 0.524. The fourth-order valence-electron chi connectivity index (χ4n) is 3.93. The van der Waals surface area contributed by atoms with E-state index in [1.54, 1.807) is 4.90 Å². The van der Waals surface area contributed by atoms with E-state index < -0.39 is 28.6 Å². The molecule has 2 N–H and O–H groups in total. The lowest BCUT2D eigenvalue weighted by molar-refractivity contribution is 0.0393. The van der Waals surface area contributed by atoms with Gasteiger partial charge in [-0.3, -0.25) is 4.79 Å². The van der Waals surface area contributed by atoms with Crippen molar-refractivity contribution in [3.63, 3.8) is 0 Å². The van der Waals surface area contributed by atoms with Crippen molar-refractivity contribution in [1.29, 1.82) is 0 Å². The maximum atomic E-state index is 15.7. The second-order valence-electron chi connectivity index (χ2n) is 8.23. The maximum Gasteiger partial charge on any atom is 0.341 e. The van der Waals surface area contributed by atoms with Crippen LogP contribution in [0.15, 0.2) is 17.1 Å². The molecule has 0 spiro atoms. The van der Waals surface area contributed by atoms with Gasteiger partial charge in [-0.15, -0.1) is 0 Å². The summed E-state index contributed by atoms with van der Waals surface area (Å²) in [5, 5.41) is 12.4. The predicted octanol–water partition coefficient (Wildman–Crippen LogP) is 2.52. The van der Waals surface area contributed by atoms with Crippen LogP contribution < -0.4 is 15.6 Å². The summed E-state index contributed by atoms with van der Waals surface area (Å²) in [6.07, 6.45) is 2.47. The fourth-order valence-corrected chi connectivity index (χ4v) is 3.93. The van der Waals surface area contributed by atoms with Gasteiger partial charge in [0.1, 0.15) is 17.1 Å². The Balaban J connectivity index is 1.80. The second kappa shape index (κ2) is 7.96. The molecule has 1 aliphatic carbocycles. The number of nitrogens with zero attached hydrogens (tertiary/aromatic N) is 2. The van der Waals surface area contributed by atoms with Crippen molar-refractivity contribution in [2.45, 2.75) is 44.9 Å². The number of hydrogen-bond donors (Lipinski definition) is 2. The van der Waals surface area contributed by atoms with E-state index in [1.807, 2.05) is 13.8 Å². The van der Waals surface area contributed by atoms with Gasteiger partial charge in [-0.1, -0.05) is 13.8 Å². The number of carboxylic acid groups (broad SMARTS) is 1. The molecule has 0 amide bonds. The molecular formula is C21H25F2N3O4. The number of carbonyl (C=O) groups is 1. The molecule has 1 saturated heterocycles. The van der Waals surface area contributed by atoms with Crippen LogP contribution in [0.25, 0.3) is 10.9 Å². The third kappa shape index (κ3) is 3.79. The van der Waals surface area contributed by atoms with Crippen LogP contribution in [-0.2, 0) is 4.74 Å². The van der Waals surface area contributed by atoms with Crippen molar-refractivity contribution >= 4 is 22.6 Å². The summed E-state index contributed by atoms with van der Waals surface area (Å²) >= 11 is 0. The lowest BCUT2D eigenvalue weighted by atomic mass is 10.1. The number of anilines is 1. The molecule has 1 aromatic heterocycles. The third-order valence-corrected chi connectivity index (χ3v) is 5.56. The average molecular weight is 421 g/mol. The van der Waals surface area contributed by atoms with Crippen LogP contribution in [0.4, 0.5) is 14.5 Å². The molecule has 1 saturated carbocycles. The van der Waals surface area contributed by atoms with E-state index in [0.717, 1.165) is 18.9 Å². The smallest absolute Gasteiger partial charge is 0.341 e. The Morgan fingerprint density at radius 1 is 1.37 bits per heavy atom. The molecule has 2 aliphatic rings. The number of ether oxygens (including phenoxy) is 1. The summed E-state index contributed by atoms with van der Waals surface area (Å²) in [4.78, 5) is 25.7. The number of benzene rings is 1. The van der Waals surface area contributed by atoms with Crippen LogP contribution in [-0.4, -0.2) is 54.0 Å². The zero-order chi connectivity index (χ0) is 21.6. The highest BCUT2D eigenvalue weighted by molar-refractivity contribution is 5.94. The SMILES string of the molecule is CC(C)NCC1CN(c2c(F)cc3c(=O)c(C(=O)O)cn(C4CC4)c3c2F)CCO1. The number of aromatic carboxylic acids is 1. The highest BCUT2D eigenvalue weighted by Crippen LogP contribution is 2.39. The van der Waals surface area contributed by atoms with Gasteiger partial charge in [0, 0.05) is 37.9 Å². The van der Waals surface area contributed by atoms with E-state index in [9.17, 15) is 14.7 Å². The average Bonchev–Trinajstić information content (AvgIpc) is 3.52. The summed E-state index contributed by atoms with van der Waals surface area (Å²) in [5.74, 6) is -3.11. The lowest BCUT2D eigenvalue weighted by Gasteiger charge is -2.35. The first kappa shape index (κ1) is 20.7. The number of pyridine rings is 1. The van der Waals surface area contributed by atoms with Crippen molar-refractivity contribution in [2.75, 3.05) is 31.1 Å². The Morgan fingerprint density at radius 3 is 2.73 bits per heavy atom. The van der Waals surface area contributed by atoms with Crippen LogP contribution in [0.5, 0.6) is 0 Å². The third-order valence-electron chi connectivity index (χ3n) is 5.56. The van der Waals surface area contributed by atoms with E-state index in [4.69, 9.17) is 4.74 Å². The number of morpholine rings is 1. The monoisotopic (exact) mass is 421 g/mol. The second-order valence-corrected chi connectivity index (χ2v) is 8.23. The van der Waals surface area contributed by atoms with Gasteiger partial charge in [0.15, 0.2) is 5.82 Å². The summed E-state index contributed by atoms with van der Waals surface area (Å²) in [5.41, 5.74) is -1.59. The summed E-state index contributed by atoms with van der Waals surface area (Å²) < 4.78 is 37.9. The zero-order valence-electron chi connectivity index (χ0n) is 17.0.